The molecule has 5 aromatic rings. The number of aromatic hydroxyl groups is 1. The van der Waals surface area contributed by atoms with Crippen molar-refractivity contribution in [3.63, 3.8) is 0 Å². The Labute approximate surface area is 206 Å². The number of aromatic nitrogens is 2. The molecule has 0 saturated heterocycles. The molecule has 2 heterocycles. The van der Waals surface area contributed by atoms with Crippen LogP contribution in [0.3, 0.4) is 0 Å². The Bertz CT molecular complexity index is 1670. The summed E-state index contributed by atoms with van der Waals surface area (Å²) >= 11 is 0. The SMILES string of the molecule is Oc1c(/C=C2\C=c3ccccc3=N2)nc(-c2ccccc2)n1-c1ccc(Oc2ccc(F)cc2)cc1. The van der Waals surface area contributed by atoms with Gasteiger partial charge in [0.1, 0.15) is 28.8 Å². The van der Waals surface area contributed by atoms with Crippen molar-refractivity contribution in [2.75, 3.05) is 0 Å². The van der Waals surface area contributed by atoms with Gasteiger partial charge < -0.3 is 9.84 Å². The van der Waals surface area contributed by atoms with Gasteiger partial charge in [-0.2, -0.15) is 0 Å². The molecule has 0 aliphatic carbocycles. The highest BCUT2D eigenvalue weighted by Crippen LogP contribution is 2.33. The fourth-order valence-electron chi connectivity index (χ4n) is 4.11. The maximum absolute atomic E-state index is 13.2. The van der Waals surface area contributed by atoms with E-state index < -0.39 is 0 Å². The largest absolute Gasteiger partial charge is 0.493 e. The first-order valence-electron chi connectivity index (χ1n) is 11.4. The lowest BCUT2D eigenvalue weighted by molar-refractivity contribution is 0.441. The number of benzene rings is 4. The van der Waals surface area contributed by atoms with Crippen LogP contribution in [0.4, 0.5) is 4.39 Å². The van der Waals surface area contributed by atoms with Gasteiger partial charge in [-0.15, -0.1) is 0 Å². The number of hydrogen-bond acceptors (Lipinski definition) is 4. The van der Waals surface area contributed by atoms with Gasteiger partial charge in [-0.05, 0) is 66.7 Å². The second kappa shape index (κ2) is 9.00. The van der Waals surface area contributed by atoms with Gasteiger partial charge in [-0.25, -0.2) is 14.4 Å². The molecule has 0 saturated carbocycles. The molecule has 6 heteroatoms. The molecule has 4 aromatic carbocycles. The van der Waals surface area contributed by atoms with Gasteiger partial charge in [0.15, 0.2) is 0 Å². The lowest BCUT2D eigenvalue weighted by atomic mass is 10.2. The second-order valence-corrected chi connectivity index (χ2v) is 8.28. The van der Waals surface area contributed by atoms with Gasteiger partial charge >= 0.3 is 0 Å². The summed E-state index contributed by atoms with van der Waals surface area (Å²) in [5.41, 5.74) is 2.72. The van der Waals surface area contributed by atoms with Crippen LogP contribution >= 0.6 is 0 Å². The topological polar surface area (TPSA) is 59.6 Å². The van der Waals surface area contributed by atoms with Crippen molar-refractivity contribution in [3.05, 3.63) is 131 Å². The van der Waals surface area contributed by atoms with Gasteiger partial charge in [-0.1, -0.05) is 48.5 Å². The minimum Gasteiger partial charge on any atom is -0.493 e. The van der Waals surface area contributed by atoms with E-state index in [1.165, 1.54) is 12.1 Å². The predicted octanol–water partition coefficient (Wildman–Crippen LogP) is 5.63. The summed E-state index contributed by atoms with van der Waals surface area (Å²) in [6.07, 6.45) is 3.75. The van der Waals surface area contributed by atoms with Gasteiger partial charge in [0.25, 0.3) is 0 Å². The first kappa shape index (κ1) is 21.6. The average Bonchev–Trinajstić information content (AvgIpc) is 3.47. The van der Waals surface area contributed by atoms with Crippen molar-refractivity contribution in [1.82, 2.24) is 9.55 Å². The summed E-state index contributed by atoms with van der Waals surface area (Å²) in [7, 11) is 0. The molecule has 6 rings (SSSR count). The van der Waals surface area contributed by atoms with E-state index in [1.807, 2.05) is 72.8 Å². The average molecular weight is 474 g/mol. The molecule has 1 N–H and O–H groups in total. The number of fused-ring (bicyclic) bond motifs is 1. The molecule has 0 unspecified atom stereocenters. The van der Waals surface area contributed by atoms with Crippen molar-refractivity contribution in [2.45, 2.75) is 0 Å². The Balaban J connectivity index is 1.40. The van der Waals surface area contributed by atoms with Crippen LogP contribution in [-0.4, -0.2) is 14.7 Å². The van der Waals surface area contributed by atoms with E-state index in [4.69, 9.17) is 9.72 Å². The number of para-hydroxylation sites is 1. The summed E-state index contributed by atoms with van der Waals surface area (Å²) in [6, 6.07) is 30.7. The first-order chi connectivity index (χ1) is 17.6. The van der Waals surface area contributed by atoms with Gasteiger partial charge in [-0.3, -0.25) is 4.57 Å². The van der Waals surface area contributed by atoms with Gasteiger partial charge in [0, 0.05) is 10.8 Å². The van der Waals surface area contributed by atoms with E-state index in [2.05, 4.69) is 4.99 Å². The lowest BCUT2D eigenvalue weighted by Crippen LogP contribution is -2.19. The first-order valence-corrected chi connectivity index (χ1v) is 11.4. The summed E-state index contributed by atoms with van der Waals surface area (Å²) in [6.45, 7) is 0. The molecule has 0 spiro atoms. The molecule has 0 atom stereocenters. The number of nitrogens with zero attached hydrogens (tertiary/aromatic N) is 3. The predicted molar refractivity (Wildman–Crippen MR) is 137 cm³/mol. The maximum Gasteiger partial charge on any atom is 0.224 e. The monoisotopic (exact) mass is 473 g/mol. The van der Waals surface area contributed by atoms with Crippen LogP contribution in [0.15, 0.2) is 114 Å². The summed E-state index contributed by atoms with van der Waals surface area (Å²) in [5.74, 6) is 1.41. The van der Waals surface area contributed by atoms with Crippen molar-refractivity contribution in [3.8, 4) is 34.5 Å². The standard InChI is InChI=1S/C30H20FN3O2/c31-22-10-14-25(15-11-22)36-26-16-12-24(13-17-26)34-29(20-6-2-1-3-7-20)33-28(30(34)35)19-23-18-21-8-4-5-9-27(21)32-23/h1-19,35H/b23-19+. The minimum absolute atomic E-state index is 0.00751. The Morgan fingerprint density at radius 3 is 2.17 bits per heavy atom. The fraction of sp³-hybridized carbons (Fsp3) is 0. The van der Waals surface area contributed by atoms with Crippen LogP contribution in [0.2, 0.25) is 0 Å². The van der Waals surface area contributed by atoms with Gasteiger partial charge in [0.2, 0.25) is 5.88 Å². The van der Waals surface area contributed by atoms with E-state index in [-0.39, 0.29) is 11.7 Å². The molecular formula is C30H20FN3O2. The Hall–Kier alpha value is -4.97. The van der Waals surface area contributed by atoms with E-state index in [9.17, 15) is 9.50 Å². The normalized spacial score (nSPS) is 13.2. The van der Waals surface area contributed by atoms with Crippen LogP contribution in [0.1, 0.15) is 5.69 Å². The Morgan fingerprint density at radius 2 is 1.44 bits per heavy atom. The summed E-state index contributed by atoms with van der Waals surface area (Å²) < 4.78 is 20.7. The molecular weight excluding hydrogens is 453 g/mol. The summed E-state index contributed by atoms with van der Waals surface area (Å²) in [4.78, 5) is 9.41. The molecule has 0 radical (unpaired) electrons. The Morgan fingerprint density at radius 1 is 0.778 bits per heavy atom. The molecule has 0 bridgehead atoms. The van der Waals surface area contributed by atoms with Crippen molar-refractivity contribution < 1.29 is 14.2 Å². The quantitative estimate of drug-likeness (QED) is 0.360. The zero-order chi connectivity index (χ0) is 24.5. The fourth-order valence-corrected chi connectivity index (χ4v) is 4.11. The van der Waals surface area contributed by atoms with Crippen molar-refractivity contribution in [2.24, 2.45) is 4.99 Å². The van der Waals surface area contributed by atoms with Crippen LogP contribution in [0.25, 0.3) is 29.2 Å². The van der Waals surface area contributed by atoms with E-state index in [0.29, 0.717) is 28.7 Å². The third kappa shape index (κ3) is 4.16. The third-order valence-corrected chi connectivity index (χ3v) is 5.83. The third-order valence-electron chi connectivity index (χ3n) is 5.83. The van der Waals surface area contributed by atoms with Crippen molar-refractivity contribution >= 4 is 12.2 Å². The van der Waals surface area contributed by atoms with E-state index in [1.54, 1.807) is 34.9 Å². The summed E-state index contributed by atoms with van der Waals surface area (Å²) in [5, 5.41) is 13.2. The number of ether oxygens (including phenoxy) is 1. The molecule has 174 valence electrons. The second-order valence-electron chi connectivity index (χ2n) is 8.28. The van der Waals surface area contributed by atoms with Gasteiger partial charge in [0.05, 0.1) is 16.7 Å². The van der Waals surface area contributed by atoms with E-state index in [0.717, 1.165) is 21.8 Å². The number of hydrogen-bond donors (Lipinski definition) is 1. The molecule has 0 amide bonds. The van der Waals surface area contributed by atoms with Crippen LogP contribution in [-0.2, 0) is 0 Å². The lowest BCUT2D eigenvalue weighted by Gasteiger charge is -2.11. The molecule has 0 fully saturated rings. The van der Waals surface area contributed by atoms with Crippen LogP contribution < -0.4 is 15.3 Å². The smallest absolute Gasteiger partial charge is 0.224 e. The maximum atomic E-state index is 13.2. The molecule has 1 aromatic heterocycles. The van der Waals surface area contributed by atoms with Crippen LogP contribution in [0.5, 0.6) is 17.4 Å². The zero-order valence-electron chi connectivity index (χ0n) is 19.0. The van der Waals surface area contributed by atoms with Crippen LogP contribution in [0, 0.1) is 5.82 Å². The zero-order valence-corrected chi connectivity index (χ0v) is 19.0. The highest BCUT2D eigenvalue weighted by atomic mass is 19.1. The molecule has 1 aliphatic rings. The number of allylic oxidation sites excluding steroid dienone is 1. The highest BCUT2D eigenvalue weighted by Gasteiger charge is 2.19. The molecule has 1 aliphatic heterocycles. The highest BCUT2D eigenvalue weighted by molar-refractivity contribution is 5.71. The Kier molecular flexibility index (Phi) is 5.39. The molecule has 36 heavy (non-hydrogen) atoms. The van der Waals surface area contributed by atoms with Crippen molar-refractivity contribution in [1.29, 1.82) is 0 Å². The van der Waals surface area contributed by atoms with E-state index >= 15 is 0 Å². The molecule has 5 nitrogen and oxygen atoms in total. The minimum atomic E-state index is -0.320. The number of imidazole rings is 1. The number of rotatable bonds is 5. The number of halogens is 1.